The molecule has 0 fully saturated rings. The first-order valence-corrected chi connectivity index (χ1v) is 5.70. The van der Waals surface area contributed by atoms with Crippen molar-refractivity contribution in [1.82, 2.24) is 0 Å². The van der Waals surface area contributed by atoms with E-state index in [1.165, 1.54) is 6.07 Å². The maximum Gasteiger partial charge on any atom is 0.137 e. The predicted molar refractivity (Wildman–Crippen MR) is 66.8 cm³/mol. The van der Waals surface area contributed by atoms with Gasteiger partial charge in [0.1, 0.15) is 5.82 Å². The average molecular weight is 272 g/mol. The van der Waals surface area contributed by atoms with Crippen molar-refractivity contribution in [2.45, 2.75) is 20.3 Å². The van der Waals surface area contributed by atoms with Gasteiger partial charge in [-0.2, -0.15) is 0 Å². The Hall–Kier alpha value is -0.830. The molecule has 3 heteroatoms. The fourth-order valence-corrected chi connectivity index (χ4v) is 1.53. The van der Waals surface area contributed by atoms with E-state index in [0.717, 1.165) is 29.8 Å². The second kappa shape index (κ2) is 5.31. The predicted octanol–water partition coefficient (Wildman–Crippen LogP) is 4.27. The number of rotatable bonds is 4. The number of benzene rings is 1. The van der Waals surface area contributed by atoms with E-state index in [1.54, 1.807) is 6.07 Å². The molecule has 1 rings (SSSR count). The Labute approximate surface area is 98.5 Å². The van der Waals surface area contributed by atoms with E-state index in [4.69, 9.17) is 0 Å². The third-order valence-corrected chi connectivity index (χ3v) is 2.90. The highest BCUT2D eigenvalue weighted by Gasteiger charge is 2.04. The molecule has 0 aromatic heterocycles. The highest BCUT2D eigenvalue weighted by molar-refractivity contribution is 9.10. The molecule has 0 aliphatic rings. The van der Waals surface area contributed by atoms with Crippen LogP contribution in [-0.4, -0.2) is 6.54 Å². The van der Waals surface area contributed by atoms with Crippen molar-refractivity contribution in [2.75, 3.05) is 11.9 Å². The lowest BCUT2D eigenvalue weighted by Crippen LogP contribution is -2.05. The Morgan fingerprint density at radius 1 is 1.53 bits per heavy atom. The van der Waals surface area contributed by atoms with Crippen LogP contribution in [0.3, 0.4) is 0 Å². The fourth-order valence-electron chi connectivity index (χ4n) is 1.18. The lowest BCUT2D eigenvalue weighted by molar-refractivity contribution is 0.620. The van der Waals surface area contributed by atoms with Crippen LogP contribution in [0.2, 0.25) is 0 Å². The van der Waals surface area contributed by atoms with Gasteiger partial charge in [-0.25, -0.2) is 4.39 Å². The van der Waals surface area contributed by atoms with E-state index in [2.05, 4.69) is 34.7 Å². The van der Waals surface area contributed by atoms with E-state index in [-0.39, 0.29) is 5.82 Å². The van der Waals surface area contributed by atoms with Gasteiger partial charge in [-0.15, -0.1) is 0 Å². The number of hydrogen-bond acceptors (Lipinski definition) is 1. The normalized spacial score (nSPS) is 10.1. The summed E-state index contributed by atoms with van der Waals surface area (Å²) >= 11 is 3.17. The Bertz CT molecular complexity index is 374. The second-order valence-electron chi connectivity index (χ2n) is 3.54. The van der Waals surface area contributed by atoms with E-state index < -0.39 is 0 Å². The maximum absolute atomic E-state index is 13.1. The van der Waals surface area contributed by atoms with Crippen molar-refractivity contribution in [3.05, 3.63) is 40.1 Å². The number of anilines is 1. The smallest absolute Gasteiger partial charge is 0.137 e. The van der Waals surface area contributed by atoms with Crippen molar-refractivity contribution < 1.29 is 4.39 Å². The summed E-state index contributed by atoms with van der Waals surface area (Å²) in [6.07, 6.45) is 0.953. The molecule has 1 aromatic rings. The third-order valence-electron chi connectivity index (χ3n) is 2.30. The van der Waals surface area contributed by atoms with Crippen LogP contribution >= 0.6 is 15.9 Å². The molecule has 15 heavy (non-hydrogen) atoms. The van der Waals surface area contributed by atoms with Crippen LogP contribution in [0.15, 0.2) is 28.8 Å². The van der Waals surface area contributed by atoms with Crippen LogP contribution in [0.1, 0.15) is 18.9 Å². The summed E-state index contributed by atoms with van der Waals surface area (Å²) in [6, 6.07) is 3.27. The lowest BCUT2D eigenvalue weighted by Gasteiger charge is -2.11. The number of halogens is 2. The molecule has 0 saturated carbocycles. The molecule has 82 valence electrons. The quantitative estimate of drug-likeness (QED) is 0.807. The van der Waals surface area contributed by atoms with Gasteiger partial charge in [0, 0.05) is 12.2 Å². The van der Waals surface area contributed by atoms with E-state index in [0.29, 0.717) is 4.47 Å². The standard InChI is InChI=1S/C12H15BrFN/c1-4-8(2)7-15-12-6-10(13)11(14)5-9(12)3/h5-6,15H,2,4,7H2,1,3H3. The molecule has 0 aliphatic heterocycles. The lowest BCUT2D eigenvalue weighted by atomic mass is 10.2. The zero-order valence-corrected chi connectivity index (χ0v) is 10.6. The van der Waals surface area contributed by atoms with Gasteiger partial charge in [-0.05, 0) is 47.0 Å². The summed E-state index contributed by atoms with van der Waals surface area (Å²) in [5.74, 6) is -0.229. The molecule has 1 aromatic carbocycles. The SMILES string of the molecule is C=C(CC)CNc1cc(Br)c(F)cc1C. The highest BCUT2D eigenvalue weighted by Crippen LogP contribution is 2.24. The van der Waals surface area contributed by atoms with Gasteiger partial charge in [0.25, 0.3) is 0 Å². The summed E-state index contributed by atoms with van der Waals surface area (Å²) in [6.45, 7) is 8.59. The Balaban J connectivity index is 2.77. The molecule has 0 saturated heterocycles. The first-order valence-electron chi connectivity index (χ1n) is 4.90. The van der Waals surface area contributed by atoms with Crippen LogP contribution in [-0.2, 0) is 0 Å². The van der Waals surface area contributed by atoms with Crippen molar-refractivity contribution in [3.63, 3.8) is 0 Å². The summed E-state index contributed by atoms with van der Waals surface area (Å²) in [7, 11) is 0. The van der Waals surface area contributed by atoms with Crippen LogP contribution < -0.4 is 5.32 Å². The fraction of sp³-hybridized carbons (Fsp3) is 0.333. The summed E-state index contributed by atoms with van der Waals surface area (Å²) < 4.78 is 13.6. The van der Waals surface area contributed by atoms with Crippen LogP contribution in [0.25, 0.3) is 0 Å². The molecule has 0 aliphatic carbocycles. The minimum Gasteiger partial charge on any atom is -0.381 e. The molecule has 0 heterocycles. The molecular formula is C12H15BrFN. The van der Waals surface area contributed by atoms with Crippen LogP contribution in [0, 0.1) is 12.7 Å². The van der Waals surface area contributed by atoms with Crippen molar-refractivity contribution in [3.8, 4) is 0 Å². The van der Waals surface area contributed by atoms with Gasteiger partial charge < -0.3 is 5.32 Å². The largest absolute Gasteiger partial charge is 0.381 e. The van der Waals surface area contributed by atoms with Gasteiger partial charge >= 0.3 is 0 Å². The van der Waals surface area contributed by atoms with Crippen molar-refractivity contribution in [1.29, 1.82) is 0 Å². The number of hydrogen-bond donors (Lipinski definition) is 1. The minimum absolute atomic E-state index is 0.229. The zero-order valence-electron chi connectivity index (χ0n) is 9.03. The maximum atomic E-state index is 13.1. The third kappa shape index (κ3) is 3.34. The molecule has 0 amide bonds. The van der Waals surface area contributed by atoms with E-state index in [9.17, 15) is 4.39 Å². The van der Waals surface area contributed by atoms with E-state index in [1.807, 2.05) is 6.92 Å². The van der Waals surface area contributed by atoms with Crippen LogP contribution in [0.4, 0.5) is 10.1 Å². The summed E-state index contributed by atoms with van der Waals surface area (Å²) in [4.78, 5) is 0. The molecular weight excluding hydrogens is 257 g/mol. The van der Waals surface area contributed by atoms with Gasteiger partial charge in [-0.3, -0.25) is 0 Å². The summed E-state index contributed by atoms with van der Waals surface area (Å²) in [5.41, 5.74) is 2.98. The average Bonchev–Trinajstić information content (AvgIpc) is 2.21. The van der Waals surface area contributed by atoms with E-state index >= 15 is 0 Å². The topological polar surface area (TPSA) is 12.0 Å². The first-order chi connectivity index (χ1) is 7.04. The molecule has 0 atom stereocenters. The highest BCUT2D eigenvalue weighted by atomic mass is 79.9. The summed E-state index contributed by atoms with van der Waals surface area (Å²) in [5, 5.41) is 3.24. The van der Waals surface area contributed by atoms with Gasteiger partial charge in [0.2, 0.25) is 0 Å². The molecule has 1 N–H and O–H groups in total. The van der Waals surface area contributed by atoms with Crippen molar-refractivity contribution in [2.24, 2.45) is 0 Å². The monoisotopic (exact) mass is 271 g/mol. The minimum atomic E-state index is -0.229. The van der Waals surface area contributed by atoms with Crippen LogP contribution in [0.5, 0.6) is 0 Å². The second-order valence-corrected chi connectivity index (χ2v) is 4.39. The molecule has 0 bridgehead atoms. The number of aryl methyl sites for hydroxylation is 1. The molecule has 0 unspecified atom stereocenters. The van der Waals surface area contributed by atoms with Gasteiger partial charge in [0.15, 0.2) is 0 Å². The Morgan fingerprint density at radius 3 is 2.80 bits per heavy atom. The molecule has 0 radical (unpaired) electrons. The zero-order chi connectivity index (χ0) is 11.4. The van der Waals surface area contributed by atoms with Crippen molar-refractivity contribution >= 4 is 21.6 Å². The number of nitrogens with one attached hydrogen (secondary N) is 1. The Morgan fingerprint density at radius 2 is 2.20 bits per heavy atom. The molecule has 1 nitrogen and oxygen atoms in total. The first kappa shape index (κ1) is 12.2. The Kier molecular flexibility index (Phi) is 4.33. The van der Waals surface area contributed by atoms with Gasteiger partial charge in [0.05, 0.1) is 4.47 Å². The molecule has 0 spiro atoms. The van der Waals surface area contributed by atoms with Gasteiger partial charge in [-0.1, -0.05) is 19.1 Å².